The molecule has 1 aromatic carbocycles. The van der Waals surface area contributed by atoms with Crippen LogP contribution in [0.4, 0.5) is 17.6 Å². The molecule has 2 aliphatic rings. The van der Waals surface area contributed by atoms with Gasteiger partial charge in [-0.2, -0.15) is 23.4 Å². The summed E-state index contributed by atoms with van der Waals surface area (Å²) in [6.07, 6.45) is 2.84. The van der Waals surface area contributed by atoms with Crippen LogP contribution < -0.4 is 0 Å². The molecule has 46 heavy (non-hydrogen) atoms. The number of Topliss-reactive ketones (excluding diaryl/α,β-unsaturated/α-hetero) is 1. The number of fused-ring (bicyclic) bond motifs is 2. The normalized spacial score (nSPS) is 21.1. The van der Waals surface area contributed by atoms with E-state index in [0.717, 1.165) is 23.9 Å². The van der Waals surface area contributed by atoms with Gasteiger partial charge in [0.25, 0.3) is 0 Å². The van der Waals surface area contributed by atoms with Crippen LogP contribution >= 0.6 is 0 Å². The second-order valence-corrected chi connectivity index (χ2v) is 14.7. The summed E-state index contributed by atoms with van der Waals surface area (Å²) in [6.45, 7) is 4.40. The maximum Gasteiger partial charge on any atom is 0.416 e. The minimum absolute atomic E-state index is 0.0897. The molecule has 0 spiro atoms. The lowest BCUT2D eigenvalue weighted by Crippen LogP contribution is -2.51. The first-order valence-electron chi connectivity index (χ1n) is 14.9. The van der Waals surface area contributed by atoms with Crippen molar-refractivity contribution in [2.45, 2.75) is 56.8 Å². The summed E-state index contributed by atoms with van der Waals surface area (Å²) in [5.74, 6) is 3.30. The summed E-state index contributed by atoms with van der Waals surface area (Å²) in [5, 5.41) is 9.25. The van der Waals surface area contributed by atoms with Gasteiger partial charge in [-0.3, -0.25) is 14.5 Å². The number of pyridine rings is 1. The first kappa shape index (κ1) is 31.9. The molecular weight excluding hydrogens is 620 g/mol. The Kier molecular flexibility index (Phi) is 8.04. The number of allylic oxidation sites excluding steroid dienone is 1. The summed E-state index contributed by atoms with van der Waals surface area (Å²) in [7, 11) is -1.37. The Labute approximate surface area is 264 Å². The number of ketones is 1. The van der Waals surface area contributed by atoms with Gasteiger partial charge in [0.1, 0.15) is 11.5 Å². The lowest BCUT2D eigenvalue weighted by Gasteiger charge is -2.47. The SMILES string of the molecule is C=S(=O)(c1ccn(C)n1)N(CC(C)C)[C@H]1CCC2=Cc3c(cnn3-c3ccc(F)cc3)C[C@]2(C(=O)c2cc(C(F)(F)F)ccn2)C1. The number of hydrogen-bond donors (Lipinski definition) is 0. The molecule has 1 saturated carbocycles. The van der Waals surface area contributed by atoms with Crippen molar-refractivity contribution in [3.05, 3.63) is 95.0 Å². The number of benzene rings is 1. The Morgan fingerprint density at radius 3 is 2.59 bits per heavy atom. The zero-order chi connectivity index (χ0) is 33.0. The van der Waals surface area contributed by atoms with Gasteiger partial charge in [0.2, 0.25) is 0 Å². The van der Waals surface area contributed by atoms with Gasteiger partial charge in [-0.1, -0.05) is 19.4 Å². The second kappa shape index (κ2) is 11.6. The molecule has 1 unspecified atom stereocenters. The highest BCUT2D eigenvalue weighted by atomic mass is 32.2. The number of carbonyl (C=O) groups excluding carboxylic acids is 1. The van der Waals surface area contributed by atoms with Crippen molar-refractivity contribution < 1.29 is 26.6 Å². The third-order valence-electron chi connectivity index (χ3n) is 8.81. The molecule has 0 bridgehead atoms. The first-order valence-corrected chi connectivity index (χ1v) is 16.6. The molecule has 3 atom stereocenters. The minimum atomic E-state index is -4.66. The largest absolute Gasteiger partial charge is 0.416 e. The summed E-state index contributed by atoms with van der Waals surface area (Å²) in [4.78, 5) is 18.7. The minimum Gasteiger partial charge on any atom is -0.291 e. The van der Waals surface area contributed by atoms with Crippen molar-refractivity contribution in [3.63, 3.8) is 0 Å². The Bertz CT molecular complexity index is 1930. The zero-order valence-corrected chi connectivity index (χ0v) is 26.5. The number of nitrogens with zero attached hydrogens (tertiary/aromatic N) is 6. The van der Waals surface area contributed by atoms with E-state index < -0.39 is 44.5 Å². The van der Waals surface area contributed by atoms with E-state index in [9.17, 15) is 26.6 Å². The molecule has 13 heteroatoms. The van der Waals surface area contributed by atoms with Crippen LogP contribution in [0.25, 0.3) is 11.8 Å². The molecule has 8 nitrogen and oxygen atoms in total. The molecule has 0 amide bonds. The van der Waals surface area contributed by atoms with E-state index in [-0.39, 0.29) is 24.5 Å². The van der Waals surface area contributed by atoms with Gasteiger partial charge in [-0.25, -0.2) is 17.6 Å². The van der Waals surface area contributed by atoms with Crippen LogP contribution in [0.3, 0.4) is 0 Å². The summed E-state index contributed by atoms with van der Waals surface area (Å²) >= 11 is 0. The third kappa shape index (κ3) is 5.70. The van der Waals surface area contributed by atoms with Crippen LogP contribution in [0.5, 0.6) is 0 Å². The Hall–Kier alpha value is -4.10. The zero-order valence-electron chi connectivity index (χ0n) is 25.7. The number of halogens is 4. The smallest absolute Gasteiger partial charge is 0.291 e. The number of aryl methyl sites for hydroxylation is 1. The lowest BCUT2D eigenvalue weighted by molar-refractivity contribution is -0.137. The van der Waals surface area contributed by atoms with Crippen molar-refractivity contribution in [1.82, 2.24) is 28.9 Å². The van der Waals surface area contributed by atoms with Crippen LogP contribution in [0.2, 0.25) is 0 Å². The van der Waals surface area contributed by atoms with E-state index in [1.54, 1.807) is 47.0 Å². The number of rotatable bonds is 8. The van der Waals surface area contributed by atoms with Gasteiger partial charge in [0.15, 0.2) is 10.8 Å². The molecule has 2 aliphatic carbocycles. The fourth-order valence-electron chi connectivity index (χ4n) is 6.65. The average molecular weight is 655 g/mol. The Balaban J connectivity index is 1.47. The maximum absolute atomic E-state index is 14.6. The highest BCUT2D eigenvalue weighted by molar-refractivity contribution is 7.98. The molecule has 3 heterocycles. The molecule has 0 radical (unpaired) electrons. The van der Waals surface area contributed by atoms with Gasteiger partial charge < -0.3 is 0 Å². The van der Waals surface area contributed by atoms with Crippen molar-refractivity contribution in [1.29, 1.82) is 0 Å². The molecular formula is C33H34F4N6O2S. The second-order valence-electron chi connectivity index (χ2n) is 12.5. The molecule has 0 aliphatic heterocycles. The van der Waals surface area contributed by atoms with Crippen LogP contribution in [-0.4, -0.2) is 57.3 Å². The number of alkyl halides is 3. The molecule has 4 aromatic rings. The maximum atomic E-state index is 14.6. The van der Waals surface area contributed by atoms with Crippen LogP contribution in [0.1, 0.15) is 60.4 Å². The van der Waals surface area contributed by atoms with E-state index in [1.807, 2.05) is 24.2 Å². The van der Waals surface area contributed by atoms with Crippen LogP contribution in [0.15, 0.2) is 71.7 Å². The number of hydrogen-bond acceptors (Lipinski definition) is 5. The summed E-state index contributed by atoms with van der Waals surface area (Å²) in [5.41, 5.74) is 0.269. The highest BCUT2D eigenvalue weighted by Gasteiger charge is 2.51. The fraction of sp³-hybridized carbons (Fsp3) is 0.364. The van der Waals surface area contributed by atoms with E-state index >= 15 is 0 Å². The number of carbonyl (C=O) groups is 1. The predicted molar refractivity (Wildman–Crippen MR) is 167 cm³/mol. The Morgan fingerprint density at radius 1 is 1.20 bits per heavy atom. The van der Waals surface area contributed by atoms with Gasteiger partial charge >= 0.3 is 6.18 Å². The summed E-state index contributed by atoms with van der Waals surface area (Å²) < 4.78 is 74.4. The summed E-state index contributed by atoms with van der Waals surface area (Å²) in [6, 6.07) is 8.78. The topological polar surface area (TPSA) is 85.9 Å². The van der Waals surface area contributed by atoms with Crippen molar-refractivity contribution >= 4 is 27.4 Å². The van der Waals surface area contributed by atoms with Crippen LogP contribution in [0, 0.1) is 17.2 Å². The molecule has 0 N–H and O–H groups in total. The van der Waals surface area contributed by atoms with E-state index in [1.165, 1.54) is 12.1 Å². The van der Waals surface area contributed by atoms with E-state index in [2.05, 4.69) is 21.1 Å². The van der Waals surface area contributed by atoms with Gasteiger partial charge in [-0.05, 0) is 91.6 Å². The number of aromatic nitrogens is 5. The lowest BCUT2D eigenvalue weighted by atomic mass is 9.60. The average Bonchev–Trinajstić information content (AvgIpc) is 3.64. The van der Waals surface area contributed by atoms with Crippen molar-refractivity contribution in [3.8, 4) is 5.69 Å². The fourth-order valence-corrected chi connectivity index (χ4v) is 8.62. The molecule has 3 aromatic heterocycles. The van der Waals surface area contributed by atoms with Crippen molar-refractivity contribution in [2.24, 2.45) is 18.4 Å². The van der Waals surface area contributed by atoms with Gasteiger partial charge in [0.05, 0.1) is 38.3 Å². The molecule has 242 valence electrons. The van der Waals surface area contributed by atoms with E-state index in [0.29, 0.717) is 41.4 Å². The van der Waals surface area contributed by atoms with Gasteiger partial charge in [-0.15, -0.1) is 0 Å². The van der Waals surface area contributed by atoms with Crippen LogP contribution in [-0.2, 0) is 29.4 Å². The van der Waals surface area contributed by atoms with Crippen molar-refractivity contribution in [2.75, 3.05) is 6.54 Å². The molecule has 0 saturated heterocycles. The molecule has 1 fully saturated rings. The quantitative estimate of drug-likeness (QED) is 0.129. The predicted octanol–water partition coefficient (Wildman–Crippen LogP) is 6.17. The van der Waals surface area contributed by atoms with E-state index in [4.69, 9.17) is 0 Å². The highest BCUT2D eigenvalue weighted by Crippen LogP contribution is 2.51. The molecule has 6 rings (SSSR count). The monoisotopic (exact) mass is 654 g/mol. The third-order valence-corrected chi connectivity index (χ3v) is 10.9. The van der Waals surface area contributed by atoms with Gasteiger partial charge in [0, 0.05) is 32.0 Å². The Morgan fingerprint density at radius 2 is 1.93 bits per heavy atom. The standard InChI is InChI=1S/C33H34F4N6O2S/c1-21(2)20-42(46(4,45)30-12-14-41(3)40-30)27-8-5-23-16-29-22(19-39-43(29)26-9-6-25(34)7-10-26)17-32(23,18-27)31(44)28-15-24(11-13-38-28)33(35,36)37/h6-7,9-16,19,21,27H,4-5,8,17-18,20H2,1-3H3/t27-,32-,46?/m0/s1. The first-order chi connectivity index (χ1) is 21.7.